The van der Waals surface area contributed by atoms with Gasteiger partial charge in [0.2, 0.25) is 15.9 Å². The summed E-state index contributed by atoms with van der Waals surface area (Å²) < 4.78 is 36.7. The molecule has 30 heavy (non-hydrogen) atoms. The van der Waals surface area contributed by atoms with Crippen LogP contribution in [0.3, 0.4) is 0 Å². The molecular weight excluding hydrogens is 404 g/mol. The zero-order chi connectivity index (χ0) is 22.5. The third-order valence-electron chi connectivity index (χ3n) is 4.91. The highest BCUT2D eigenvalue weighted by Gasteiger charge is 2.31. The van der Waals surface area contributed by atoms with Crippen LogP contribution in [0.5, 0.6) is 11.5 Å². The van der Waals surface area contributed by atoms with Gasteiger partial charge in [0.15, 0.2) is 11.5 Å². The van der Waals surface area contributed by atoms with Gasteiger partial charge in [0.05, 0.1) is 32.2 Å². The summed E-state index contributed by atoms with van der Waals surface area (Å²) in [5.74, 6) is 0.460. The van der Waals surface area contributed by atoms with Gasteiger partial charge in [-0.25, -0.2) is 8.42 Å². The topological polar surface area (TPSA) is 84.9 Å². The first-order chi connectivity index (χ1) is 14.1. The van der Waals surface area contributed by atoms with Gasteiger partial charge in [0, 0.05) is 6.07 Å². The van der Waals surface area contributed by atoms with E-state index in [1.54, 1.807) is 25.1 Å². The minimum atomic E-state index is -3.74. The van der Waals surface area contributed by atoms with Crippen LogP contribution in [-0.4, -0.2) is 40.8 Å². The molecule has 0 bridgehead atoms. The maximum Gasteiger partial charge on any atom is 0.244 e. The first kappa shape index (κ1) is 23.5. The fraction of sp³-hybridized carbons (Fsp3) is 0.409. The zero-order valence-corrected chi connectivity index (χ0v) is 19.1. The van der Waals surface area contributed by atoms with E-state index in [1.807, 2.05) is 38.1 Å². The largest absolute Gasteiger partial charge is 0.493 e. The third kappa shape index (κ3) is 5.44. The smallest absolute Gasteiger partial charge is 0.244 e. The first-order valence-corrected chi connectivity index (χ1v) is 11.6. The van der Waals surface area contributed by atoms with Crippen molar-refractivity contribution in [2.45, 2.75) is 39.3 Å². The summed E-state index contributed by atoms with van der Waals surface area (Å²) in [6.07, 6.45) is 1.75. The number of anilines is 1. The van der Waals surface area contributed by atoms with E-state index < -0.39 is 16.1 Å². The lowest BCUT2D eigenvalue weighted by molar-refractivity contribution is -0.122. The monoisotopic (exact) mass is 434 g/mol. The lowest BCUT2D eigenvalue weighted by Crippen LogP contribution is -2.48. The van der Waals surface area contributed by atoms with E-state index in [4.69, 9.17) is 9.47 Å². The van der Waals surface area contributed by atoms with Crippen LogP contribution >= 0.6 is 0 Å². The SMILES string of the molecule is CC[C@H](NC(=O)[C@H](C)N(c1ccc(OC)c(OC)c1)S(C)(=O)=O)c1ccc(C)cc1. The van der Waals surface area contributed by atoms with E-state index in [0.29, 0.717) is 23.6 Å². The van der Waals surface area contributed by atoms with E-state index in [0.717, 1.165) is 21.7 Å². The molecule has 0 unspecified atom stereocenters. The fourth-order valence-electron chi connectivity index (χ4n) is 3.28. The second kappa shape index (κ2) is 9.84. The van der Waals surface area contributed by atoms with Crippen LogP contribution in [0.25, 0.3) is 0 Å². The van der Waals surface area contributed by atoms with Crippen molar-refractivity contribution in [3.05, 3.63) is 53.6 Å². The quantitative estimate of drug-likeness (QED) is 0.654. The average Bonchev–Trinajstić information content (AvgIpc) is 2.71. The highest BCUT2D eigenvalue weighted by atomic mass is 32.2. The number of carbonyl (C=O) groups excluding carboxylic acids is 1. The van der Waals surface area contributed by atoms with Crippen LogP contribution in [-0.2, 0) is 14.8 Å². The Labute approximate surface area is 179 Å². The number of aryl methyl sites for hydroxylation is 1. The van der Waals surface area contributed by atoms with Gasteiger partial charge in [-0.15, -0.1) is 0 Å². The molecule has 0 aromatic heterocycles. The van der Waals surface area contributed by atoms with Gasteiger partial charge in [-0.1, -0.05) is 36.8 Å². The number of hydrogen-bond acceptors (Lipinski definition) is 5. The van der Waals surface area contributed by atoms with E-state index >= 15 is 0 Å². The number of nitrogens with zero attached hydrogens (tertiary/aromatic N) is 1. The molecule has 0 saturated carbocycles. The normalized spacial score (nSPS) is 13.3. The highest BCUT2D eigenvalue weighted by Crippen LogP contribution is 2.33. The lowest BCUT2D eigenvalue weighted by atomic mass is 10.0. The minimum absolute atomic E-state index is 0.215. The van der Waals surface area contributed by atoms with Crippen LogP contribution in [0.4, 0.5) is 5.69 Å². The first-order valence-electron chi connectivity index (χ1n) is 9.70. The molecule has 7 nitrogen and oxygen atoms in total. The van der Waals surface area contributed by atoms with Crippen LogP contribution in [0.1, 0.15) is 37.4 Å². The highest BCUT2D eigenvalue weighted by molar-refractivity contribution is 7.92. The summed E-state index contributed by atoms with van der Waals surface area (Å²) in [4.78, 5) is 13.0. The molecular formula is C22H30N2O5S. The maximum absolute atomic E-state index is 13.0. The molecule has 0 aliphatic rings. The fourth-order valence-corrected chi connectivity index (χ4v) is 4.45. The number of carbonyl (C=O) groups is 1. The predicted octanol–water partition coefficient (Wildman–Crippen LogP) is 3.43. The van der Waals surface area contributed by atoms with Crippen LogP contribution in [0.2, 0.25) is 0 Å². The van der Waals surface area contributed by atoms with Crippen molar-refractivity contribution in [2.24, 2.45) is 0 Å². The number of amides is 1. The number of sulfonamides is 1. The van der Waals surface area contributed by atoms with Crippen molar-refractivity contribution in [1.29, 1.82) is 0 Å². The molecule has 0 spiro atoms. The molecule has 0 heterocycles. The van der Waals surface area contributed by atoms with Gasteiger partial charge >= 0.3 is 0 Å². The van der Waals surface area contributed by atoms with Gasteiger partial charge < -0.3 is 14.8 Å². The van der Waals surface area contributed by atoms with Gasteiger partial charge in [-0.05, 0) is 38.0 Å². The summed E-state index contributed by atoms with van der Waals surface area (Å²) in [7, 11) is -0.777. The Kier molecular flexibility index (Phi) is 7.72. The lowest BCUT2D eigenvalue weighted by Gasteiger charge is -2.30. The van der Waals surface area contributed by atoms with E-state index in [2.05, 4.69) is 5.32 Å². The third-order valence-corrected chi connectivity index (χ3v) is 6.16. The molecule has 164 valence electrons. The molecule has 0 aliphatic heterocycles. The molecule has 2 aromatic rings. The van der Waals surface area contributed by atoms with Gasteiger partial charge in [-0.3, -0.25) is 9.10 Å². The summed E-state index contributed by atoms with van der Waals surface area (Å²) in [6.45, 7) is 5.53. The Morgan fingerprint density at radius 1 is 1.07 bits per heavy atom. The van der Waals surface area contributed by atoms with Crippen LogP contribution in [0.15, 0.2) is 42.5 Å². The molecule has 0 radical (unpaired) electrons. The van der Waals surface area contributed by atoms with Gasteiger partial charge in [-0.2, -0.15) is 0 Å². The number of rotatable bonds is 9. The summed E-state index contributed by atoms with van der Waals surface area (Å²) >= 11 is 0. The van der Waals surface area contributed by atoms with Crippen molar-refractivity contribution in [3.63, 3.8) is 0 Å². The summed E-state index contributed by atoms with van der Waals surface area (Å²) in [5, 5.41) is 2.97. The molecule has 2 rings (SSSR count). The Morgan fingerprint density at radius 2 is 1.67 bits per heavy atom. The maximum atomic E-state index is 13.0. The average molecular weight is 435 g/mol. The number of nitrogens with one attached hydrogen (secondary N) is 1. The second-order valence-corrected chi connectivity index (χ2v) is 9.01. The molecule has 2 aromatic carbocycles. The molecule has 1 N–H and O–H groups in total. The molecule has 2 atom stereocenters. The van der Waals surface area contributed by atoms with Crippen molar-refractivity contribution in [3.8, 4) is 11.5 Å². The Hall–Kier alpha value is -2.74. The molecule has 0 aliphatic carbocycles. The number of benzene rings is 2. The molecule has 0 fully saturated rings. The number of ether oxygens (including phenoxy) is 2. The van der Waals surface area contributed by atoms with E-state index in [1.165, 1.54) is 14.2 Å². The summed E-state index contributed by atoms with van der Waals surface area (Å²) in [5.41, 5.74) is 2.42. The van der Waals surface area contributed by atoms with Crippen molar-refractivity contribution < 1.29 is 22.7 Å². The molecule has 1 amide bonds. The summed E-state index contributed by atoms with van der Waals surface area (Å²) in [6, 6.07) is 11.5. The van der Waals surface area contributed by atoms with Crippen molar-refractivity contribution in [2.75, 3.05) is 24.8 Å². The number of methoxy groups -OCH3 is 2. The van der Waals surface area contributed by atoms with E-state index in [-0.39, 0.29) is 11.9 Å². The van der Waals surface area contributed by atoms with Crippen molar-refractivity contribution >= 4 is 21.6 Å². The second-order valence-electron chi connectivity index (χ2n) is 7.15. The predicted molar refractivity (Wildman–Crippen MR) is 119 cm³/mol. The minimum Gasteiger partial charge on any atom is -0.493 e. The van der Waals surface area contributed by atoms with Gasteiger partial charge in [0.25, 0.3) is 0 Å². The van der Waals surface area contributed by atoms with Gasteiger partial charge in [0.1, 0.15) is 6.04 Å². The Bertz CT molecular complexity index is 974. The standard InChI is InChI=1S/C22H30N2O5S/c1-7-19(17-10-8-15(2)9-11-17)23-22(25)16(3)24(30(6,26)27)18-12-13-20(28-4)21(14-18)29-5/h8-14,16,19H,7H2,1-6H3,(H,23,25)/t16-,19-/m0/s1. The Morgan fingerprint density at radius 3 is 2.17 bits per heavy atom. The molecule has 8 heteroatoms. The van der Waals surface area contributed by atoms with Crippen molar-refractivity contribution in [1.82, 2.24) is 5.32 Å². The van der Waals surface area contributed by atoms with Crippen LogP contribution < -0.4 is 19.1 Å². The van der Waals surface area contributed by atoms with Crippen LogP contribution in [0, 0.1) is 6.92 Å². The van der Waals surface area contributed by atoms with E-state index in [9.17, 15) is 13.2 Å². The Balaban J connectivity index is 2.33. The molecule has 0 saturated heterocycles. The zero-order valence-electron chi connectivity index (χ0n) is 18.3. The number of hydrogen-bond donors (Lipinski definition) is 1.